The average Bonchev–Trinajstić information content (AvgIpc) is 2.37. The highest BCUT2D eigenvalue weighted by molar-refractivity contribution is 7.89. The Morgan fingerprint density at radius 2 is 1.70 bits per heavy atom. The number of piperazine rings is 1. The van der Waals surface area contributed by atoms with Gasteiger partial charge in [-0.15, -0.1) is 0 Å². The van der Waals surface area contributed by atoms with Crippen LogP contribution in [0.4, 0.5) is 5.69 Å². The monoisotopic (exact) mass is 299 g/mol. The lowest BCUT2D eigenvalue weighted by molar-refractivity contribution is -0.384. The standard InChI is InChI=1S/C12H17N3O4S/c1-9-7-14(8-10(2)13-9)20(18,19)12-5-3-11(4-6-12)15(16)17/h3-6,9-10,13H,7-8H2,1-2H3/t9-,10+. The second kappa shape index (κ2) is 5.47. The summed E-state index contributed by atoms with van der Waals surface area (Å²) in [4.78, 5) is 10.1. The summed E-state index contributed by atoms with van der Waals surface area (Å²) in [6, 6.07) is 5.14. The molecule has 1 N–H and O–H groups in total. The summed E-state index contributed by atoms with van der Waals surface area (Å²) in [6.45, 7) is 4.63. The normalized spacial score (nSPS) is 24.5. The second-order valence-corrected chi connectivity index (χ2v) is 6.98. The summed E-state index contributed by atoms with van der Waals surface area (Å²) < 4.78 is 26.4. The predicted molar refractivity (Wildman–Crippen MR) is 73.9 cm³/mol. The van der Waals surface area contributed by atoms with Crippen LogP contribution in [-0.2, 0) is 10.0 Å². The molecule has 7 nitrogen and oxygen atoms in total. The summed E-state index contributed by atoms with van der Waals surface area (Å²) in [6.07, 6.45) is 0. The minimum absolute atomic E-state index is 0.0755. The van der Waals surface area contributed by atoms with Gasteiger partial charge in [0.25, 0.3) is 5.69 Å². The first kappa shape index (κ1) is 14.9. The minimum atomic E-state index is -3.60. The van der Waals surface area contributed by atoms with Crippen molar-refractivity contribution < 1.29 is 13.3 Å². The smallest absolute Gasteiger partial charge is 0.269 e. The third-order valence-electron chi connectivity index (χ3n) is 3.21. The van der Waals surface area contributed by atoms with Gasteiger partial charge < -0.3 is 5.32 Å². The molecule has 0 amide bonds. The first-order valence-corrected chi connectivity index (χ1v) is 7.75. The highest BCUT2D eigenvalue weighted by atomic mass is 32.2. The van der Waals surface area contributed by atoms with Crippen LogP contribution >= 0.6 is 0 Å². The summed E-state index contributed by atoms with van der Waals surface area (Å²) >= 11 is 0. The Kier molecular flexibility index (Phi) is 4.07. The van der Waals surface area contributed by atoms with Crippen LogP contribution < -0.4 is 5.32 Å². The van der Waals surface area contributed by atoms with E-state index in [0.717, 1.165) is 0 Å². The number of benzene rings is 1. The quantitative estimate of drug-likeness (QED) is 0.663. The molecule has 0 unspecified atom stereocenters. The van der Waals surface area contributed by atoms with Crippen molar-refractivity contribution in [2.45, 2.75) is 30.8 Å². The third-order valence-corrected chi connectivity index (χ3v) is 5.06. The molecule has 0 spiro atoms. The van der Waals surface area contributed by atoms with Gasteiger partial charge in [0.1, 0.15) is 0 Å². The van der Waals surface area contributed by atoms with E-state index in [-0.39, 0.29) is 22.7 Å². The van der Waals surface area contributed by atoms with E-state index in [2.05, 4.69) is 5.32 Å². The van der Waals surface area contributed by atoms with Gasteiger partial charge in [-0.05, 0) is 26.0 Å². The summed E-state index contributed by atoms with van der Waals surface area (Å²) in [5.74, 6) is 0. The summed E-state index contributed by atoms with van der Waals surface area (Å²) in [5.41, 5.74) is -0.119. The van der Waals surface area contributed by atoms with Crippen molar-refractivity contribution in [1.82, 2.24) is 9.62 Å². The fourth-order valence-corrected chi connectivity index (χ4v) is 3.98. The molecule has 1 fully saturated rings. The van der Waals surface area contributed by atoms with Crippen molar-refractivity contribution in [3.05, 3.63) is 34.4 Å². The largest absolute Gasteiger partial charge is 0.309 e. The molecule has 0 radical (unpaired) electrons. The van der Waals surface area contributed by atoms with E-state index in [9.17, 15) is 18.5 Å². The summed E-state index contributed by atoms with van der Waals surface area (Å²) in [7, 11) is -3.60. The zero-order chi connectivity index (χ0) is 14.9. The number of nitrogens with zero attached hydrogens (tertiary/aromatic N) is 2. The van der Waals surface area contributed by atoms with Gasteiger partial charge in [0.15, 0.2) is 0 Å². The number of nitro groups is 1. The first-order valence-electron chi connectivity index (χ1n) is 6.31. The van der Waals surface area contributed by atoms with E-state index in [1.165, 1.54) is 28.6 Å². The highest BCUT2D eigenvalue weighted by Crippen LogP contribution is 2.21. The summed E-state index contributed by atoms with van der Waals surface area (Å²) in [5, 5.41) is 13.8. The van der Waals surface area contributed by atoms with E-state index in [0.29, 0.717) is 13.1 Å². The third kappa shape index (κ3) is 2.97. The van der Waals surface area contributed by atoms with Crippen LogP contribution in [0.15, 0.2) is 29.2 Å². The molecule has 20 heavy (non-hydrogen) atoms. The van der Waals surface area contributed by atoms with Crippen molar-refractivity contribution in [3.8, 4) is 0 Å². The van der Waals surface area contributed by atoms with Crippen molar-refractivity contribution in [3.63, 3.8) is 0 Å². The Bertz CT molecular complexity index is 590. The Morgan fingerprint density at radius 3 is 2.15 bits per heavy atom. The Labute approximate surface area is 117 Å². The van der Waals surface area contributed by atoms with Crippen LogP contribution in [0.1, 0.15) is 13.8 Å². The number of nitro benzene ring substituents is 1. The van der Waals surface area contributed by atoms with Gasteiger partial charge in [0.2, 0.25) is 10.0 Å². The number of non-ortho nitro benzene ring substituents is 1. The molecule has 0 aliphatic carbocycles. The molecular weight excluding hydrogens is 282 g/mol. The minimum Gasteiger partial charge on any atom is -0.309 e. The van der Waals surface area contributed by atoms with Crippen molar-refractivity contribution in [1.29, 1.82) is 0 Å². The molecule has 0 aromatic heterocycles. The molecule has 0 saturated carbocycles. The van der Waals surface area contributed by atoms with E-state index in [1.807, 2.05) is 13.8 Å². The van der Waals surface area contributed by atoms with E-state index in [4.69, 9.17) is 0 Å². The predicted octanol–water partition coefficient (Wildman–Crippen LogP) is 0.966. The van der Waals surface area contributed by atoms with Crippen LogP contribution in [0.25, 0.3) is 0 Å². The molecule has 8 heteroatoms. The topological polar surface area (TPSA) is 92.5 Å². The van der Waals surface area contributed by atoms with Crippen LogP contribution in [0, 0.1) is 10.1 Å². The van der Waals surface area contributed by atoms with Gasteiger partial charge >= 0.3 is 0 Å². The lowest BCUT2D eigenvalue weighted by Crippen LogP contribution is -2.55. The van der Waals surface area contributed by atoms with Gasteiger partial charge in [-0.2, -0.15) is 4.31 Å². The van der Waals surface area contributed by atoms with Gasteiger partial charge in [0.05, 0.1) is 9.82 Å². The van der Waals surface area contributed by atoms with Crippen LogP contribution in [0.2, 0.25) is 0 Å². The number of nitrogens with one attached hydrogen (secondary N) is 1. The zero-order valence-electron chi connectivity index (χ0n) is 11.3. The number of sulfonamides is 1. The SMILES string of the molecule is C[C@@H]1CN(S(=O)(=O)c2ccc([N+](=O)[O-])cc2)C[C@H](C)N1. The maximum atomic E-state index is 12.5. The van der Waals surface area contributed by atoms with Crippen molar-refractivity contribution in [2.75, 3.05) is 13.1 Å². The molecule has 2 atom stereocenters. The lowest BCUT2D eigenvalue weighted by Gasteiger charge is -2.35. The molecule has 1 heterocycles. The molecule has 2 rings (SSSR count). The van der Waals surface area contributed by atoms with Crippen LogP contribution in [-0.4, -0.2) is 42.8 Å². The van der Waals surface area contributed by atoms with Crippen molar-refractivity contribution in [2.24, 2.45) is 0 Å². The highest BCUT2D eigenvalue weighted by Gasteiger charge is 2.31. The fraction of sp³-hybridized carbons (Fsp3) is 0.500. The molecule has 110 valence electrons. The van der Waals surface area contributed by atoms with Crippen molar-refractivity contribution >= 4 is 15.7 Å². The first-order chi connectivity index (χ1) is 9.30. The van der Waals surface area contributed by atoms with Crippen LogP contribution in [0.5, 0.6) is 0 Å². The van der Waals surface area contributed by atoms with Gasteiger partial charge in [0, 0.05) is 37.3 Å². The molecule has 1 aliphatic rings. The van der Waals surface area contributed by atoms with Gasteiger partial charge in [-0.25, -0.2) is 8.42 Å². The van der Waals surface area contributed by atoms with E-state index >= 15 is 0 Å². The molecule has 1 saturated heterocycles. The Morgan fingerprint density at radius 1 is 1.20 bits per heavy atom. The van der Waals surface area contributed by atoms with E-state index < -0.39 is 14.9 Å². The number of rotatable bonds is 3. The second-order valence-electron chi connectivity index (χ2n) is 5.04. The Balaban J connectivity index is 2.27. The van der Waals surface area contributed by atoms with E-state index in [1.54, 1.807) is 0 Å². The molecule has 1 aromatic rings. The number of hydrogen-bond donors (Lipinski definition) is 1. The molecular formula is C12H17N3O4S. The maximum absolute atomic E-state index is 12.5. The Hall–Kier alpha value is -1.51. The van der Waals surface area contributed by atoms with Gasteiger partial charge in [-0.3, -0.25) is 10.1 Å². The molecule has 1 aromatic carbocycles. The van der Waals surface area contributed by atoms with Gasteiger partial charge in [-0.1, -0.05) is 0 Å². The molecule has 1 aliphatic heterocycles. The lowest BCUT2D eigenvalue weighted by atomic mass is 10.2. The fourth-order valence-electron chi connectivity index (χ4n) is 2.36. The maximum Gasteiger partial charge on any atom is 0.269 e. The van der Waals surface area contributed by atoms with Crippen LogP contribution in [0.3, 0.4) is 0 Å². The molecule has 0 bridgehead atoms. The zero-order valence-corrected chi connectivity index (χ0v) is 12.1. The number of hydrogen-bond acceptors (Lipinski definition) is 5. The average molecular weight is 299 g/mol.